The number of ether oxygens (including phenoxy) is 1. The number of nitriles is 1. The molecule has 4 aliphatic heterocycles. The molecule has 0 radical (unpaired) electrons. The van der Waals surface area contributed by atoms with E-state index in [0.29, 0.717) is 33.5 Å². The second-order valence-electron chi connectivity index (χ2n) is 16.9. The molecule has 1 saturated carbocycles. The molecule has 3 saturated heterocycles. The Morgan fingerprint density at radius 3 is 2.07 bits per heavy atom. The second kappa shape index (κ2) is 14.4. The molecule has 4 heterocycles. The molecule has 0 bridgehead atoms. The normalized spacial score (nSPS) is 25.0. The first-order chi connectivity index (χ1) is 26.8. The van der Waals surface area contributed by atoms with Crippen molar-refractivity contribution >= 4 is 52.3 Å². The van der Waals surface area contributed by atoms with Gasteiger partial charge in [-0.05, 0) is 73.9 Å². The van der Waals surface area contributed by atoms with Crippen LogP contribution in [0.25, 0.3) is 0 Å². The van der Waals surface area contributed by atoms with Crippen LogP contribution < -0.4 is 25.2 Å². The Morgan fingerprint density at radius 2 is 1.43 bits per heavy atom. The molecule has 4 amide bonds. The number of piperazine rings is 1. The number of hydrogen-bond donors (Lipinski definition) is 2. The maximum absolute atomic E-state index is 13.4. The molecule has 1 atom stereocenters. The van der Waals surface area contributed by atoms with Gasteiger partial charge >= 0.3 is 0 Å². The van der Waals surface area contributed by atoms with Gasteiger partial charge in [-0.15, -0.1) is 0 Å². The largest absolute Gasteiger partial charge is 0.489 e. The van der Waals surface area contributed by atoms with Crippen LogP contribution in [0.15, 0.2) is 60.7 Å². The number of nitrogens with one attached hydrogen (secondary N) is 2. The molecule has 1 aliphatic carbocycles. The van der Waals surface area contributed by atoms with Crippen molar-refractivity contribution in [2.24, 2.45) is 10.8 Å². The van der Waals surface area contributed by atoms with Crippen LogP contribution in [0.2, 0.25) is 5.02 Å². The van der Waals surface area contributed by atoms with E-state index in [9.17, 15) is 24.4 Å². The van der Waals surface area contributed by atoms with E-state index in [0.717, 1.165) is 68.4 Å². The van der Waals surface area contributed by atoms with Gasteiger partial charge in [-0.1, -0.05) is 39.3 Å². The van der Waals surface area contributed by atoms with E-state index < -0.39 is 23.8 Å². The lowest BCUT2D eigenvalue weighted by atomic mass is 9.49. The van der Waals surface area contributed by atoms with Gasteiger partial charge in [0.2, 0.25) is 11.8 Å². The number of hydrogen-bond acceptors (Lipinski definition) is 10. The number of amides is 4. The van der Waals surface area contributed by atoms with Gasteiger partial charge in [0.1, 0.15) is 24.0 Å². The minimum absolute atomic E-state index is 0.0455. The average molecular weight is 778 g/mol. The van der Waals surface area contributed by atoms with Crippen molar-refractivity contribution in [1.29, 1.82) is 5.26 Å². The van der Waals surface area contributed by atoms with Gasteiger partial charge in [-0.3, -0.25) is 34.3 Å². The van der Waals surface area contributed by atoms with E-state index in [4.69, 9.17) is 16.3 Å². The molecule has 56 heavy (non-hydrogen) atoms. The maximum Gasteiger partial charge on any atom is 0.262 e. The predicted octanol–water partition coefficient (Wildman–Crippen LogP) is 5.70. The lowest BCUT2D eigenvalue weighted by Crippen LogP contribution is -2.72. The van der Waals surface area contributed by atoms with E-state index in [1.807, 2.05) is 12.1 Å². The first kappa shape index (κ1) is 37.8. The predicted molar refractivity (Wildman–Crippen MR) is 214 cm³/mol. The van der Waals surface area contributed by atoms with Crippen LogP contribution >= 0.6 is 11.6 Å². The van der Waals surface area contributed by atoms with Gasteiger partial charge in [0, 0.05) is 91.7 Å². The van der Waals surface area contributed by atoms with Crippen LogP contribution in [0, 0.1) is 22.2 Å². The summed E-state index contributed by atoms with van der Waals surface area (Å²) < 4.78 is 6.47. The first-order valence-corrected chi connectivity index (χ1v) is 20.0. The van der Waals surface area contributed by atoms with Crippen molar-refractivity contribution in [2.75, 3.05) is 54.4 Å². The fourth-order valence-electron chi connectivity index (χ4n) is 10.0. The number of fused-ring (bicyclic) bond motifs is 1. The lowest BCUT2D eigenvalue weighted by molar-refractivity contribution is -0.147. The standard InChI is InChI=1S/C43H48ClN7O5/c1-42(2)40(43(3,4)41(42)56-31-11-5-26(25-45)34(44)24-31)46-27-6-8-28(9-7-27)49-19-21-50(22-20-49)29-15-17-48(18-16-29)30-10-12-32-33(23-30)39(55)51(38(32)54)35-13-14-36(52)47-37(35)53/h5-12,23-24,29,35,40-41,46H,13-22H2,1-4H3,(H,47,52,53). The third kappa shape index (κ3) is 6.64. The van der Waals surface area contributed by atoms with Crippen molar-refractivity contribution < 1.29 is 23.9 Å². The molecule has 8 rings (SSSR count). The van der Waals surface area contributed by atoms with Gasteiger partial charge in [0.25, 0.3) is 11.8 Å². The van der Waals surface area contributed by atoms with Crippen LogP contribution in [-0.4, -0.2) is 96.9 Å². The number of piperidine rings is 2. The highest BCUT2D eigenvalue weighted by atomic mass is 35.5. The SMILES string of the molecule is CC1(C)C(Nc2ccc(N3CCN(C4CCN(c5ccc6c(c5)C(=O)N(C5CCC(=O)NC5=O)C6=O)CC4)CC3)cc2)C(C)(C)C1Oc1ccc(C#N)c(Cl)c1. The number of anilines is 3. The third-order valence-corrected chi connectivity index (χ3v) is 13.1. The minimum Gasteiger partial charge on any atom is -0.489 e. The summed E-state index contributed by atoms with van der Waals surface area (Å²) in [6, 6.07) is 21.2. The minimum atomic E-state index is -0.965. The zero-order valence-electron chi connectivity index (χ0n) is 32.3. The van der Waals surface area contributed by atoms with Crippen LogP contribution in [0.3, 0.4) is 0 Å². The highest BCUT2D eigenvalue weighted by Gasteiger charge is 2.63. The second-order valence-corrected chi connectivity index (χ2v) is 17.3. The van der Waals surface area contributed by atoms with Crippen molar-refractivity contribution in [2.45, 2.75) is 77.6 Å². The zero-order valence-corrected chi connectivity index (χ0v) is 33.1. The zero-order chi connectivity index (χ0) is 39.5. The molecule has 12 nitrogen and oxygen atoms in total. The Bertz CT molecular complexity index is 2100. The number of carbonyl (C=O) groups excluding carboxylic acids is 4. The van der Waals surface area contributed by atoms with Crippen molar-refractivity contribution in [3.05, 3.63) is 82.4 Å². The average Bonchev–Trinajstić information content (AvgIpc) is 3.44. The summed E-state index contributed by atoms with van der Waals surface area (Å²) in [7, 11) is 0. The summed E-state index contributed by atoms with van der Waals surface area (Å²) in [5, 5.41) is 15.7. The van der Waals surface area contributed by atoms with Crippen LogP contribution in [0.5, 0.6) is 5.75 Å². The Balaban J connectivity index is 0.816. The van der Waals surface area contributed by atoms with Crippen molar-refractivity contribution in [3.8, 4) is 11.8 Å². The highest BCUT2D eigenvalue weighted by molar-refractivity contribution is 6.31. The topological polar surface area (TPSA) is 138 Å². The Hall–Kier alpha value is -5.12. The number of rotatable bonds is 8. The van der Waals surface area contributed by atoms with Gasteiger partial charge < -0.3 is 19.9 Å². The quantitative estimate of drug-likeness (QED) is 0.274. The molecular formula is C43H48ClN7O5. The summed E-state index contributed by atoms with van der Waals surface area (Å²) >= 11 is 6.28. The Labute approximate surface area is 332 Å². The lowest BCUT2D eigenvalue weighted by Gasteiger charge is -2.63. The smallest absolute Gasteiger partial charge is 0.262 e. The summed E-state index contributed by atoms with van der Waals surface area (Å²) in [5.74, 6) is -1.27. The molecule has 0 spiro atoms. The Kier molecular flexibility index (Phi) is 9.74. The molecule has 0 aromatic heterocycles. The van der Waals surface area contributed by atoms with Crippen LogP contribution in [-0.2, 0) is 9.59 Å². The molecule has 13 heteroatoms. The van der Waals surface area contributed by atoms with Gasteiger partial charge in [0.05, 0.1) is 21.7 Å². The van der Waals surface area contributed by atoms with Gasteiger partial charge in [-0.25, -0.2) is 0 Å². The van der Waals surface area contributed by atoms with Crippen LogP contribution in [0.4, 0.5) is 17.1 Å². The van der Waals surface area contributed by atoms with Crippen molar-refractivity contribution in [3.63, 3.8) is 0 Å². The summed E-state index contributed by atoms with van der Waals surface area (Å²) in [6.45, 7) is 14.5. The summed E-state index contributed by atoms with van der Waals surface area (Å²) in [4.78, 5) is 58.9. The van der Waals surface area contributed by atoms with Crippen molar-refractivity contribution in [1.82, 2.24) is 15.1 Å². The number of imide groups is 2. The molecule has 5 aliphatic rings. The molecule has 1 unspecified atom stereocenters. The first-order valence-electron chi connectivity index (χ1n) is 19.6. The van der Waals surface area contributed by atoms with Gasteiger partial charge in [-0.2, -0.15) is 5.26 Å². The molecule has 292 valence electrons. The number of carbonyl (C=O) groups is 4. The van der Waals surface area contributed by atoms with E-state index in [1.54, 1.807) is 24.3 Å². The van der Waals surface area contributed by atoms with Gasteiger partial charge in [0.15, 0.2) is 0 Å². The number of halogens is 1. The molecular weight excluding hydrogens is 730 g/mol. The van der Waals surface area contributed by atoms with E-state index in [2.05, 4.69) is 83.4 Å². The highest BCUT2D eigenvalue weighted by Crippen LogP contribution is 2.56. The molecule has 2 N–H and O–H groups in total. The molecule has 4 fully saturated rings. The van der Waals surface area contributed by atoms with Crippen LogP contribution in [0.1, 0.15) is 79.7 Å². The summed E-state index contributed by atoms with van der Waals surface area (Å²) in [5.41, 5.74) is 3.96. The fraction of sp³-hybridized carbons (Fsp3) is 0.465. The summed E-state index contributed by atoms with van der Waals surface area (Å²) in [6.07, 6.45) is 2.21. The fourth-order valence-corrected chi connectivity index (χ4v) is 10.2. The number of nitrogens with zero attached hydrogens (tertiary/aromatic N) is 5. The maximum atomic E-state index is 13.4. The van der Waals surface area contributed by atoms with E-state index >= 15 is 0 Å². The molecule has 3 aromatic carbocycles. The molecule has 3 aromatic rings. The third-order valence-electron chi connectivity index (χ3n) is 12.8. The number of benzene rings is 3. The Morgan fingerprint density at radius 1 is 0.786 bits per heavy atom. The van der Waals surface area contributed by atoms with E-state index in [1.165, 1.54) is 5.69 Å². The van der Waals surface area contributed by atoms with E-state index in [-0.39, 0.29) is 41.7 Å². The monoisotopic (exact) mass is 777 g/mol.